The molecule has 7 nitrogen and oxygen atoms in total. The number of carbonyl (C=O) groups is 1. The topological polar surface area (TPSA) is 80.1 Å². The Labute approximate surface area is 195 Å². The van der Waals surface area contributed by atoms with Gasteiger partial charge < -0.3 is 10.2 Å². The first-order valence-corrected chi connectivity index (χ1v) is 11.5. The average Bonchev–Trinajstić information content (AvgIpc) is 3.23. The molecule has 0 saturated carbocycles. The standard InChI is InChI=1S/C24H25ClFN5O2/c1-13-28-19-10-20(31-7-3-4-14(12-31)15-8-21(32)27-11-15)29-23(22(19)24(33)30(13)2)17-6-5-16(25)9-18(17)26/h5-6,9-10,14-15H,3-4,7-8,11-12H2,1-2H3,(H,27,32)/t14?,15-/m1/s1. The summed E-state index contributed by atoms with van der Waals surface area (Å²) in [7, 11) is 1.65. The van der Waals surface area contributed by atoms with Gasteiger partial charge >= 0.3 is 0 Å². The molecule has 2 aromatic heterocycles. The summed E-state index contributed by atoms with van der Waals surface area (Å²) in [4.78, 5) is 36.5. The molecule has 0 bridgehead atoms. The van der Waals surface area contributed by atoms with Gasteiger partial charge in [0.25, 0.3) is 5.56 Å². The Balaban J connectivity index is 1.63. The number of amides is 1. The molecule has 1 N–H and O–H groups in total. The van der Waals surface area contributed by atoms with Crippen LogP contribution in [-0.2, 0) is 11.8 Å². The first kappa shape index (κ1) is 21.8. The Morgan fingerprint density at radius 2 is 2.00 bits per heavy atom. The van der Waals surface area contributed by atoms with Crippen LogP contribution in [0, 0.1) is 24.6 Å². The fourth-order valence-corrected chi connectivity index (χ4v) is 5.14. The van der Waals surface area contributed by atoms with E-state index in [0.29, 0.717) is 42.0 Å². The van der Waals surface area contributed by atoms with Crippen molar-refractivity contribution in [2.45, 2.75) is 26.2 Å². The summed E-state index contributed by atoms with van der Waals surface area (Å²) in [5.41, 5.74) is 0.704. The molecule has 172 valence electrons. The van der Waals surface area contributed by atoms with Gasteiger partial charge in [-0.2, -0.15) is 0 Å². The van der Waals surface area contributed by atoms with Crippen molar-refractivity contribution in [1.82, 2.24) is 19.9 Å². The highest BCUT2D eigenvalue weighted by Crippen LogP contribution is 2.34. The second-order valence-corrected chi connectivity index (χ2v) is 9.42. The minimum atomic E-state index is -0.539. The lowest BCUT2D eigenvalue weighted by Gasteiger charge is -2.36. The van der Waals surface area contributed by atoms with Crippen LogP contribution in [0.1, 0.15) is 25.1 Å². The lowest BCUT2D eigenvalue weighted by atomic mass is 9.85. The maximum atomic E-state index is 14.9. The molecule has 4 heterocycles. The molecule has 2 fully saturated rings. The molecule has 1 amide bonds. The van der Waals surface area contributed by atoms with E-state index in [4.69, 9.17) is 16.6 Å². The molecule has 1 aromatic carbocycles. The molecule has 3 aromatic rings. The summed E-state index contributed by atoms with van der Waals surface area (Å²) in [6.45, 7) is 4.03. The number of rotatable bonds is 3. The number of benzene rings is 1. The van der Waals surface area contributed by atoms with Gasteiger partial charge in [0, 0.05) is 49.8 Å². The number of anilines is 1. The van der Waals surface area contributed by atoms with Crippen molar-refractivity contribution in [3.63, 3.8) is 0 Å². The third-order valence-electron chi connectivity index (χ3n) is 6.92. The Morgan fingerprint density at radius 1 is 1.18 bits per heavy atom. The van der Waals surface area contributed by atoms with E-state index >= 15 is 0 Å². The molecule has 0 spiro atoms. The van der Waals surface area contributed by atoms with Gasteiger partial charge in [-0.05, 0) is 49.8 Å². The van der Waals surface area contributed by atoms with E-state index < -0.39 is 5.82 Å². The number of hydrogen-bond donors (Lipinski definition) is 1. The van der Waals surface area contributed by atoms with Crippen LogP contribution in [0.4, 0.5) is 10.2 Å². The smallest absolute Gasteiger partial charge is 0.263 e. The van der Waals surface area contributed by atoms with Gasteiger partial charge in [0.1, 0.15) is 17.5 Å². The third-order valence-corrected chi connectivity index (χ3v) is 7.15. The molecule has 0 radical (unpaired) electrons. The van der Waals surface area contributed by atoms with Crippen molar-refractivity contribution in [3.8, 4) is 11.3 Å². The third kappa shape index (κ3) is 3.97. The molecule has 5 rings (SSSR count). The molecular weight excluding hydrogens is 445 g/mol. The van der Waals surface area contributed by atoms with E-state index in [1.54, 1.807) is 26.1 Å². The minimum absolute atomic E-state index is 0.108. The molecule has 33 heavy (non-hydrogen) atoms. The van der Waals surface area contributed by atoms with E-state index in [1.807, 2.05) is 6.07 Å². The number of aryl methyl sites for hydroxylation is 1. The van der Waals surface area contributed by atoms with Crippen LogP contribution in [0.3, 0.4) is 0 Å². The number of carbonyl (C=O) groups excluding carboxylic acids is 1. The molecule has 2 aliphatic heterocycles. The SMILES string of the molecule is Cc1nc2cc(N3CCCC([C@H]4CNC(=O)C4)C3)nc(-c3ccc(Cl)cc3F)c2c(=O)n1C. The molecular formula is C24H25ClFN5O2. The van der Waals surface area contributed by atoms with Gasteiger partial charge in [-0.15, -0.1) is 0 Å². The number of piperidine rings is 1. The van der Waals surface area contributed by atoms with E-state index in [1.165, 1.54) is 10.6 Å². The summed E-state index contributed by atoms with van der Waals surface area (Å²) in [5, 5.41) is 3.49. The number of pyridine rings is 1. The highest BCUT2D eigenvalue weighted by Gasteiger charge is 2.33. The monoisotopic (exact) mass is 469 g/mol. The van der Waals surface area contributed by atoms with Gasteiger partial charge in [-0.3, -0.25) is 14.2 Å². The maximum absolute atomic E-state index is 14.9. The van der Waals surface area contributed by atoms with Crippen LogP contribution in [0.2, 0.25) is 5.02 Å². The van der Waals surface area contributed by atoms with Crippen molar-refractivity contribution in [2.24, 2.45) is 18.9 Å². The molecule has 1 unspecified atom stereocenters. The van der Waals surface area contributed by atoms with Crippen LogP contribution in [0.25, 0.3) is 22.2 Å². The Bertz CT molecular complexity index is 1320. The van der Waals surface area contributed by atoms with E-state index in [2.05, 4.69) is 15.2 Å². The van der Waals surface area contributed by atoms with Gasteiger partial charge in [-0.1, -0.05) is 11.6 Å². The van der Waals surface area contributed by atoms with Crippen molar-refractivity contribution in [1.29, 1.82) is 0 Å². The second kappa shape index (κ2) is 8.41. The quantitative estimate of drug-likeness (QED) is 0.635. The molecule has 2 atom stereocenters. The van der Waals surface area contributed by atoms with E-state index in [0.717, 1.165) is 25.9 Å². The summed E-state index contributed by atoms with van der Waals surface area (Å²) in [5.74, 6) is 1.47. The first-order chi connectivity index (χ1) is 15.8. The number of aromatic nitrogens is 3. The van der Waals surface area contributed by atoms with Crippen LogP contribution in [0.5, 0.6) is 0 Å². The number of hydrogen-bond acceptors (Lipinski definition) is 5. The summed E-state index contributed by atoms with van der Waals surface area (Å²) >= 11 is 5.97. The molecule has 2 aliphatic rings. The molecule has 0 aliphatic carbocycles. The van der Waals surface area contributed by atoms with E-state index in [9.17, 15) is 14.0 Å². The summed E-state index contributed by atoms with van der Waals surface area (Å²) in [6, 6.07) is 6.19. The van der Waals surface area contributed by atoms with Crippen LogP contribution in [-0.4, -0.2) is 40.1 Å². The minimum Gasteiger partial charge on any atom is -0.356 e. The second-order valence-electron chi connectivity index (χ2n) is 8.99. The van der Waals surface area contributed by atoms with Crippen LogP contribution in [0.15, 0.2) is 29.1 Å². The zero-order chi connectivity index (χ0) is 23.3. The lowest BCUT2D eigenvalue weighted by molar-refractivity contribution is -0.119. The predicted octanol–water partition coefficient (Wildman–Crippen LogP) is 3.45. The zero-order valence-corrected chi connectivity index (χ0v) is 19.3. The van der Waals surface area contributed by atoms with E-state index in [-0.39, 0.29) is 33.1 Å². The van der Waals surface area contributed by atoms with Crippen molar-refractivity contribution < 1.29 is 9.18 Å². The fraction of sp³-hybridized carbons (Fsp3) is 0.417. The average molecular weight is 470 g/mol. The van der Waals surface area contributed by atoms with Gasteiger partial charge in [-0.25, -0.2) is 14.4 Å². The number of fused-ring (bicyclic) bond motifs is 1. The highest BCUT2D eigenvalue weighted by atomic mass is 35.5. The maximum Gasteiger partial charge on any atom is 0.263 e. The molecule has 9 heteroatoms. The van der Waals surface area contributed by atoms with Crippen molar-refractivity contribution >= 4 is 34.2 Å². The summed E-state index contributed by atoms with van der Waals surface area (Å²) in [6.07, 6.45) is 2.59. The normalized spacial score (nSPS) is 21.0. The Hall–Kier alpha value is -3.00. The van der Waals surface area contributed by atoms with Crippen molar-refractivity contribution in [2.75, 3.05) is 24.5 Å². The predicted molar refractivity (Wildman–Crippen MR) is 126 cm³/mol. The molecule has 2 saturated heterocycles. The Kier molecular flexibility index (Phi) is 5.56. The van der Waals surface area contributed by atoms with Gasteiger partial charge in [0.05, 0.1) is 16.6 Å². The fourth-order valence-electron chi connectivity index (χ4n) is 4.98. The summed E-state index contributed by atoms with van der Waals surface area (Å²) < 4.78 is 16.4. The number of nitrogens with one attached hydrogen (secondary N) is 1. The Morgan fingerprint density at radius 3 is 2.73 bits per heavy atom. The van der Waals surface area contributed by atoms with Gasteiger partial charge in [0.2, 0.25) is 5.91 Å². The van der Waals surface area contributed by atoms with Crippen molar-refractivity contribution in [3.05, 3.63) is 51.3 Å². The zero-order valence-electron chi connectivity index (χ0n) is 18.6. The highest BCUT2D eigenvalue weighted by molar-refractivity contribution is 6.30. The van der Waals surface area contributed by atoms with Crippen LogP contribution >= 0.6 is 11.6 Å². The largest absolute Gasteiger partial charge is 0.356 e. The first-order valence-electron chi connectivity index (χ1n) is 11.2. The van der Waals surface area contributed by atoms with Crippen LogP contribution < -0.4 is 15.8 Å². The van der Waals surface area contributed by atoms with Gasteiger partial charge in [0.15, 0.2) is 0 Å². The number of halogens is 2. The lowest BCUT2D eigenvalue weighted by Crippen LogP contribution is -2.39. The number of nitrogens with zero attached hydrogens (tertiary/aromatic N) is 4.